The Labute approximate surface area is 210 Å². The van der Waals surface area contributed by atoms with Crippen LogP contribution >= 0.6 is 12.4 Å². The minimum Gasteiger partial charge on any atom is -0.393 e. The molecule has 4 atom stereocenters. The molecule has 5 N–H and O–H groups in total. The van der Waals surface area contributed by atoms with Gasteiger partial charge in [-0.15, -0.1) is 12.4 Å². The van der Waals surface area contributed by atoms with Gasteiger partial charge in [0, 0.05) is 30.1 Å². The zero-order valence-corrected chi connectivity index (χ0v) is 20.2. The Bertz CT molecular complexity index is 1080. The maximum absolute atomic E-state index is 13.5. The molecule has 2 aromatic rings. The molecular weight excluding hydrogens is 470 g/mol. The molecule has 3 aliphatic heterocycles. The molecule has 3 heterocycles. The van der Waals surface area contributed by atoms with E-state index in [1.807, 2.05) is 17.0 Å². The van der Waals surface area contributed by atoms with Crippen LogP contribution in [0.2, 0.25) is 0 Å². The number of rotatable bonds is 5. The van der Waals surface area contributed by atoms with Crippen LogP contribution in [-0.4, -0.2) is 70.5 Å². The van der Waals surface area contributed by atoms with Crippen LogP contribution in [0.1, 0.15) is 50.2 Å². The fraction of sp³-hybridized carbons (Fsp3) is 0.462. The summed E-state index contributed by atoms with van der Waals surface area (Å²) in [6.07, 6.45) is 0.674. The standard InChI is InChI=1S/C26H31N3O5.ClH/c27-25(32)22-6-5-16(26(33)29-19-10-21(30)11-20(29)14-34-13-19)7-18(22)9-24(31)23-8-15-3-1-2-4-17(15)12-28-23;/h1-7,19-21,23-24,28,30-31H,8-14H2,(H2,27,32);1H/t19?,20?,21?,23-,24+;/m0./s1. The van der Waals surface area contributed by atoms with Gasteiger partial charge in [-0.25, -0.2) is 0 Å². The Hall–Kier alpha value is -2.49. The van der Waals surface area contributed by atoms with Gasteiger partial charge < -0.3 is 30.9 Å². The van der Waals surface area contributed by atoms with Gasteiger partial charge >= 0.3 is 0 Å². The number of halogens is 1. The first-order chi connectivity index (χ1) is 16.4. The van der Waals surface area contributed by atoms with Gasteiger partial charge in [-0.3, -0.25) is 9.59 Å². The van der Waals surface area contributed by atoms with Crippen molar-refractivity contribution < 1.29 is 24.5 Å². The maximum Gasteiger partial charge on any atom is 0.254 e. The van der Waals surface area contributed by atoms with Crippen molar-refractivity contribution in [2.75, 3.05) is 13.2 Å². The number of aliphatic hydroxyl groups is 2. The van der Waals surface area contributed by atoms with Crippen molar-refractivity contribution in [2.45, 2.75) is 62.6 Å². The Morgan fingerprint density at radius 1 is 1.11 bits per heavy atom. The largest absolute Gasteiger partial charge is 0.393 e. The Kier molecular flexibility index (Phi) is 7.78. The molecule has 2 amide bonds. The maximum atomic E-state index is 13.5. The average molecular weight is 502 g/mol. The molecule has 188 valence electrons. The molecule has 2 bridgehead atoms. The topological polar surface area (TPSA) is 125 Å². The van der Waals surface area contributed by atoms with E-state index in [2.05, 4.69) is 17.4 Å². The monoisotopic (exact) mass is 501 g/mol. The van der Waals surface area contributed by atoms with Gasteiger partial charge in [-0.1, -0.05) is 24.3 Å². The summed E-state index contributed by atoms with van der Waals surface area (Å²) in [6, 6.07) is 12.5. The number of carbonyl (C=O) groups is 2. The number of carbonyl (C=O) groups excluding carboxylic acids is 2. The highest BCUT2D eigenvalue weighted by molar-refractivity contribution is 5.98. The van der Waals surface area contributed by atoms with Gasteiger partial charge in [0.25, 0.3) is 5.91 Å². The molecule has 35 heavy (non-hydrogen) atoms. The Morgan fingerprint density at radius 3 is 2.49 bits per heavy atom. The number of nitrogens with one attached hydrogen (secondary N) is 1. The lowest BCUT2D eigenvalue weighted by Gasteiger charge is -2.47. The predicted molar refractivity (Wildman–Crippen MR) is 132 cm³/mol. The van der Waals surface area contributed by atoms with Crippen LogP contribution in [0.4, 0.5) is 0 Å². The Balaban J connectivity index is 0.00000289. The van der Waals surface area contributed by atoms with Crippen molar-refractivity contribution >= 4 is 24.2 Å². The van der Waals surface area contributed by atoms with Crippen molar-refractivity contribution in [1.29, 1.82) is 0 Å². The predicted octanol–water partition coefficient (Wildman–Crippen LogP) is 1.19. The molecule has 0 spiro atoms. The first-order valence-electron chi connectivity index (χ1n) is 11.9. The second kappa shape index (κ2) is 10.6. The summed E-state index contributed by atoms with van der Waals surface area (Å²) >= 11 is 0. The van der Waals surface area contributed by atoms with Crippen molar-refractivity contribution in [3.63, 3.8) is 0 Å². The SMILES string of the molecule is Cl.NC(=O)c1ccc(C(=O)N2C3COCC2CC(O)C3)cc1C[C@@H](O)[C@@H]1Cc2ccccc2CN1. The molecule has 2 unspecified atom stereocenters. The van der Waals surface area contributed by atoms with E-state index >= 15 is 0 Å². The summed E-state index contributed by atoms with van der Waals surface area (Å²) in [6.45, 7) is 1.48. The van der Waals surface area contributed by atoms with Crippen LogP contribution < -0.4 is 11.1 Å². The normalized spacial score (nSPS) is 26.3. The highest BCUT2D eigenvalue weighted by Crippen LogP contribution is 2.30. The molecule has 3 aliphatic rings. The van der Waals surface area contributed by atoms with Crippen LogP contribution in [0.3, 0.4) is 0 Å². The summed E-state index contributed by atoms with van der Waals surface area (Å²) in [7, 11) is 0. The molecular formula is C26H32ClN3O5. The van der Waals surface area contributed by atoms with Gasteiger partial charge in [-0.2, -0.15) is 0 Å². The summed E-state index contributed by atoms with van der Waals surface area (Å²) < 4.78 is 5.61. The minimum absolute atomic E-state index is 0. The van der Waals surface area contributed by atoms with Crippen LogP contribution in [0.15, 0.2) is 42.5 Å². The van der Waals surface area contributed by atoms with Crippen LogP contribution in [0, 0.1) is 0 Å². The number of amides is 2. The second-order valence-electron chi connectivity index (χ2n) is 9.65. The lowest BCUT2D eigenvalue weighted by atomic mass is 9.88. The third-order valence-electron chi connectivity index (χ3n) is 7.35. The minimum atomic E-state index is -0.755. The summed E-state index contributed by atoms with van der Waals surface area (Å²) in [4.78, 5) is 27.4. The van der Waals surface area contributed by atoms with E-state index in [-0.39, 0.29) is 42.9 Å². The zero-order valence-electron chi connectivity index (χ0n) is 19.4. The first-order valence-corrected chi connectivity index (χ1v) is 11.9. The number of ether oxygens (including phenoxy) is 1. The third kappa shape index (κ3) is 5.22. The van der Waals surface area contributed by atoms with E-state index in [0.29, 0.717) is 55.7 Å². The van der Waals surface area contributed by atoms with Crippen LogP contribution in [0.25, 0.3) is 0 Å². The second-order valence-corrected chi connectivity index (χ2v) is 9.65. The number of morpholine rings is 1. The van der Waals surface area contributed by atoms with E-state index in [1.54, 1.807) is 18.2 Å². The van der Waals surface area contributed by atoms with E-state index in [1.165, 1.54) is 11.1 Å². The number of hydrogen-bond donors (Lipinski definition) is 4. The number of aliphatic hydroxyl groups excluding tert-OH is 2. The lowest BCUT2D eigenvalue weighted by molar-refractivity contribution is -0.0871. The summed E-state index contributed by atoms with van der Waals surface area (Å²) in [5.74, 6) is -0.740. The van der Waals surface area contributed by atoms with E-state index in [0.717, 1.165) is 0 Å². The molecule has 2 aromatic carbocycles. The fourth-order valence-electron chi connectivity index (χ4n) is 5.62. The number of benzene rings is 2. The lowest BCUT2D eigenvalue weighted by Crippen LogP contribution is -2.60. The smallest absolute Gasteiger partial charge is 0.254 e. The average Bonchev–Trinajstić information content (AvgIpc) is 2.82. The van der Waals surface area contributed by atoms with Crippen molar-refractivity contribution in [3.8, 4) is 0 Å². The molecule has 0 saturated carbocycles. The van der Waals surface area contributed by atoms with Crippen molar-refractivity contribution in [3.05, 3.63) is 70.3 Å². The third-order valence-corrected chi connectivity index (χ3v) is 7.35. The molecule has 2 fully saturated rings. The fourth-order valence-corrected chi connectivity index (χ4v) is 5.62. The molecule has 9 heteroatoms. The van der Waals surface area contributed by atoms with E-state index in [9.17, 15) is 19.8 Å². The number of piperidine rings is 1. The van der Waals surface area contributed by atoms with Gasteiger partial charge in [-0.05, 0) is 54.2 Å². The highest BCUT2D eigenvalue weighted by atomic mass is 35.5. The van der Waals surface area contributed by atoms with Gasteiger partial charge in [0.15, 0.2) is 0 Å². The zero-order chi connectivity index (χ0) is 23.8. The van der Waals surface area contributed by atoms with Crippen LogP contribution in [0.5, 0.6) is 0 Å². The number of nitrogens with two attached hydrogens (primary N) is 1. The van der Waals surface area contributed by atoms with Crippen molar-refractivity contribution in [1.82, 2.24) is 10.2 Å². The number of primary amides is 1. The number of nitrogens with zero attached hydrogens (tertiary/aromatic N) is 1. The first kappa shape index (κ1) is 25.6. The van der Waals surface area contributed by atoms with E-state index < -0.39 is 18.1 Å². The van der Waals surface area contributed by atoms with Crippen LogP contribution in [-0.2, 0) is 24.1 Å². The summed E-state index contributed by atoms with van der Waals surface area (Å²) in [5, 5.41) is 24.6. The van der Waals surface area contributed by atoms with Gasteiger partial charge in [0.05, 0.1) is 37.5 Å². The number of hydrogen-bond acceptors (Lipinski definition) is 6. The molecule has 2 saturated heterocycles. The highest BCUT2D eigenvalue weighted by Gasteiger charge is 2.41. The molecule has 0 aromatic heterocycles. The quantitative estimate of drug-likeness (QED) is 0.487. The van der Waals surface area contributed by atoms with Gasteiger partial charge in [0.1, 0.15) is 0 Å². The van der Waals surface area contributed by atoms with Gasteiger partial charge in [0.2, 0.25) is 5.91 Å². The Morgan fingerprint density at radius 2 is 1.80 bits per heavy atom. The molecule has 0 radical (unpaired) electrons. The molecule has 5 rings (SSSR count). The number of fused-ring (bicyclic) bond motifs is 3. The molecule has 8 nitrogen and oxygen atoms in total. The van der Waals surface area contributed by atoms with E-state index in [4.69, 9.17) is 10.5 Å². The summed E-state index contributed by atoms with van der Waals surface area (Å²) in [5.41, 5.74) is 9.35. The van der Waals surface area contributed by atoms with Crippen molar-refractivity contribution in [2.24, 2.45) is 5.73 Å². The molecule has 0 aliphatic carbocycles.